The minimum Gasteiger partial charge on any atom is -0.379 e. The van der Waals surface area contributed by atoms with E-state index in [0.717, 1.165) is 62.8 Å². The number of pyridine rings is 1. The lowest BCUT2D eigenvalue weighted by atomic mass is 9.74. The lowest BCUT2D eigenvalue weighted by Crippen LogP contribution is -2.51. The second-order valence-corrected chi connectivity index (χ2v) is 10.2. The van der Waals surface area contributed by atoms with Gasteiger partial charge in [0.25, 0.3) is 0 Å². The van der Waals surface area contributed by atoms with E-state index in [0.29, 0.717) is 37.6 Å². The van der Waals surface area contributed by atoms with Gasteiger partial charge in [-0.25, -0.2) is 0 Å². The van der Waals surface area contributed by atoms with E-state index in [1.165, 1.54) is 6.07 Å². The van der Waals surface area contributed by atoms with Crippen LogP contribution in [0, 0.1) is 11.3 Å². The van der Waals surface area contributed by atoms with E-state index in [-0.39, 0.29) is 11.5 Å². The number of ether oxygens (including phenoxy) is 2. The highest BCUT2D eigenvalue weighted by atomic mass is 19.4. The molecule has 32 heavy (non-hydrogen) atoms. The van der Waals surface area contributed by atoms with Crippen LogP contribution in [0.15, 0.2) is 12.3 Å². The van der Waals surface area contributed by atoms with Crippen molar-refractivity contribution in [1.29, 1.82) is 0 Å². The number of hydrogen-bond donors (Lipinski definition) is 1. The summed E-state index contributed by atoms with van der Waals surface area (Å²) in [5.41, 5.74) is 1.05. The Morgan fingerprint density at radius 1 is 1.34 bits per heavy atom. The van der Waals surface area contributed by atoms with Gasteiger partial charge in [-0.05, 0) is 48.6 Å². The molecule has 0 amide bonds. The summed E-state index contributed by atoms with van der Waals surface area (Å²) in [4.78, 5) is 6.46. The summed E-state index contributed by atoms with van der Waals surface area (Å²) < 4.78 is 50.7. The summed E-state index contributed by atoms with van der Waals surface area (Å²) in [7, 11) is 1.74. The van der Waals surface area contributed by atoms with Crippen molar-refractivity contribution in [2.24, 2.45) is 11.3 Å². The third kappa shape index (κ3) is 5.13. The molecule has 2 fully saturated rings. The summed E-state index contributed by atoms with van der Waals surface area (Å²) in [6.45, 7) is 8.29. The normalized spacial score (nSPS) is 31.8. The molecule has 3 heterocycles. The smallest absolute Gasteiger partial charge is 0.379 e. The highest BCUT2D eigenvalue weighted by Crippen LogP contribution is 2.46. The Morgan fingerprint density at radius 3 is 2.88 bits per heavy atom. The first-order chi connectivity index (χ1) is 15.2. The van der Waals surface area contributed by atoms with Crippen LogP contribution in [0.25, 0.3) is 0 Å². The minimum absolute atomic E-state index is 0.0896. The number of aromatic nitrogens is 1. The molecular weight excluding hydrogens is 419 g/mol. The van der Waals surface area contributed by atoms with E-state index < -0.39 is 11.7 Å². The number of rotatable bonds is 6. The Bertz CT molecular complexity index is 788. The van der Waals surface area contributed by atoms with Crippen LogP contribution in [0.4, 0.5) is 13.2 Å². The van der Waals surface area contributed by atoms with Crippen LogP contribution in [0.3, 0.4) is 0 Å². The van der Waals surface area contributed by atoms with Crippen LogP contribution in [0.5, 0.6) is 0 Å². The van der Waals surface area contributed by atoms with Crippen molar-refractivity contribution >= 4 is 0 Å². The van der Waals surface area contributed by atoms with E-state index in [4.69, 9.17) is 9.47 Å². The molecule has 1 aromatic rings. The number of hydrogen-bond acceptors (Lipinski definition) is 5. The van der Waals surface area contributed by atoms with Gasteiger partial charge in [0.05, 0.1) is 18.3 Å². The maximum absolute atomic E-state index is 13.2. The van der Waals surface area contributed by atoms with Crippen molar-refractivity contribution in [1.82, 2.24) is 15.2 Å². The van der Waals surface area contributed by atoms with Gasteiger partial charge in [0, 0.05) is 63.7 Å². The van der Waals surface area contributed by atoms with Crippen molar-refractivity contribution < 1.29 is 22.6 Å². The maximum Gasteiger partial charge on any atom is 0.417 e. The van der Waals surface area contributed by atoms with Gasteiger partial charge >= 0.3 is 6.18 Å². The fraction of sp³-hybridized carbons (Fsp3) is 0.792. The van der Waals surface area contributed by atoms with Crippen molar-refractivity contribution in [3.05, 3.63) is 29.1 Å². The van der Waals surface area contributed by atoms with E-state index in [2.05, 4.69) is 29.0 Å². The van der Waals surface area contributed by atoms with Crippen LogP contribution in [-0.4, -0.2) is 61.5 Å². The van der Waals surface area contributed by atoms with Crippen molar-refractivity contribution in [2.45, 2.75) is 76.9 Å². The average molecular weight is 456 g/mol. The van der Waals surface area contributed by atoms with Gasteiger partial charge in [-0.1, -0.05) is 13.8 Å². The summed E-state index contributed by atoms with van der Waals surface area (Å²) in [5.74, 6) is 0.503. The van der Waals surface area contributed by atoms with Crippen LogP contribution in [0.1, 0.15) is 56.4 Å². The fourth-order valence-corrected chi connectivity index (χ4v) is 5.81. The highest BCUT2D eigenvalue weighted by molar-refractivity contribution is 5.29. The summed E-state index contributed by atoms with van der Waals surface area (Å²) in [5, 5.41) is 3.85. The topological polar surface area (TPSA) is 46.6 Å². The van der Waals surface area contributed by atoms with Crippen molar-refractivity contribution in [3.63, 3.8) is 0 Å². The molecule has 1 aromatic heterocycles. The Balaban J connectivity index is 1.42. The van der Waals surface area contributed by atoms with Gasteiger partial charge in [0.1, 0.15) is 0 Å². The van der Waals surface area contributed by atoms with E-state index in [1.807, 2.05) is 0 Å². The zero-order valence-corrected chi connectivity index (χ0v) is 19.4. The molecule has 8 heteroatoms. The largest absolute Gasteiger partial charge is 0.417 e. The van der Waals surface area contributed by atoms with E-state index in [9.17, 15) is 13.2 Å². The molecule has 4 atom stereocenters. The molecule has 1 saturated carbocycles. The zero-order valence-electron chi connectivity index (χ0n) is 19.4. The number of methoxy groups -OCH3 is 1. The van der Waals surface area contributed by atoms with Gasteiger partial charge < -0.3 is 14.8 Å². The molecule has 0 aromatic carbocycles. The standard InChI is InChI=1S/C24H36F3N3O2/c1-16(2)23(7-4-19(11-23)29-21-6-9-32-14-22(21)31-3)15-30-8-5-20-17(13-30)10-18(12-28-20)24(25,26)27/h10,12,16,19,21-22,29H,4-9,11,13-15H2,1-3H3/t19-,21+,22-,23-/m1/s1. The predicted molar refractivity (Wildman–Crippen MR) is 116 cm³/mol. The molecule has 180 valence electrons. The second kappa shape index (κ2) is 9.57. The van der Waals surface area contributed by atoms with Crippen LogP contribution < -0.4 is 5.32 Å². The maximum atomic E-state index is 13.2. The van der Waals surface area contributed by atoms with Crippen LogP contribution in [-0.2, 0) is 28.6 Å². The molecule has 0 bridgehead atoms. The first kappa shape index (κ1) is 23.9. The minimum atomic E-state index is -4.35. The van der Waals surface area contributed by atoms with Gasteiger partial charge in [-0.15, -0.1) is 0 Å². The zero-order chi connectivity index (χ0) is 22.9. The first-order valence-electron chi connectivity index (χ1n) is 11.8. The quantitative estimate of drug-likeness (QED) is 0.701. The monoisotopic (exact) mass is 455 g/mol. The summed E-state index contributed by atoms with van der Waals surface area (Å²) in [6, 6.07) is 2.05. The molecule has 1 saturated heterocycles. The van der Waals surface area contributed by atoms with Gasteiger partial charge in [0.15, 0.2) is 0 Å². The SMILES string of the molecule is CO[C@@H]1COCC[C@@H]1N[C@@H]1CC[C@@](CN2CCc3ncc(C(F)(F)F)cc3C2)(C(C)C)C1. The highest BCUT2D eigenvalue weighted by Gasteiger charge is 2.44. The van der Waals surface area contributed by atoms with Crippen molar-refractivity contribution in [2.75, 3.05) is 33.4 Å². The lowest BCUT2D eigenvalue weighted by Gasteiger charge is -2.41. The molecule has 0 radical (unpaired) electrons. The molecule has 1 N–H and O–H groups in total. The van der Waals surface area contributed by atoms with Crippen molar-refractivity contribution in [3.8, 4) is 0 Å². The van der Waals surface area contributed by atoms with Gasteiger partial charge in [-0.2, -0.15) is 13.2 Å². The number of nitrogens with zero attached hydrogens (tertiary/aromatic N) is 2. The summed E-state index contributed by atoms with van der Waals surface area (Å²) in [6.07, 6.45) is 1.72. The third-order valence-electron chi connectivity index (χ3n) is 7.91. The Labute approximate surface area is 189 Å². The summed E-state index contributed by atoms with van der Waals surface area (Å²) >= 11 is 0. The molecule has 4 rings (SSSR count). The molecule has 3 aliphatic rings. The Kier molecular flexibility index (Phi) is 7.15. The predicted octanol–water partition coefficient (Wildman–Crippen LogP) is 4.05. The Morgan fingerprint density at radius 2 is 2.16 bits per heavy atom. The lowest BCUT2D eigenvalue weighted by molar-refractivity contribution is -0.137. The van der Waals surface area contributed by atoms with E-state index in [1.54, 1.807) is 7.11 Å². The van der Waals surface area contributed by atoms with Gasteiger partial charge in [-0.3, -0.25) is 9.88 Å². The second-order valence-electron chi connectivity index (χ2n) is 10.2. The number of alkyl halides is 3. The molecule has 2 aliphatic heterocycles. The third-order valence-corrected chi connectivity index (χ3v) is 7.91. The molecule has 0 spiro atoms. The average Bonchev–Trinajstić information content (AvgIpc) is 3.16. The van der Waals surface area contributed by atoms with E-state index >= 15 is 0 Å². The first-order valence-corrected chi connectivity index (χ1v) is 11.8. The Hall–Kier alpha value is -1.22. The van der Waals surface area contributed by atoms with Gasteiger partial charge in [0.2, 0.25) is 0 Å². The molecular formula is C24H36F3N3O2. The molecule has 1 aliphatic carbocycles. The van der Waals surface area contributed by atoms with Crippen LogP contribution in [0.2, 0.25) is 0 Å². The number of fused-ring (bicyclic) bond motifs is 1. The molecule has 5 nitrogen and oxygen atoms in total. The molecule has 0 unspecified atom stereocenters. The number of halogens is 3. The fourth-order valence-electron chi connectivity index (χ4n) is 5.81. The number of nitrogens with one attached hydrogen (secondary N) is 1. The van der Waals surface area contributed by atoms with Crippen LogP contribution >= 0.6 is 0 Å².